The summed E-state index contributed by atoms with van der Waals surface area (Å²) in [6.45, 7) is 2.47. The average Bonchev–Trinajstić information content (AvgIpc) is 3.08. The number of fused-ring (bicyclic) bond motifs is 3. The van der Waals surface area contributed by atoms with E-state index in [2.05, 4.69) is 22.3 Å². The fourth-order valence-corrected chi connectivity index (χ4v) is 3.83. The Balaban J connectivity index is 1.71. The zero-order valence-electron chi connectivity index (χ0n) is 16.1. The molecule has 0 amide bonds. The van der Waals surface area contributed by atoms with E-state index >= 15 is 0 Å². The molecule has 5 rings (SSSR count). The minimum Gasteiger partial charge on any atom is -0.263 e. The number of aryl methyl sites for hydroxylation is 1. The molecule has 7 heteroatoms. The quantitative estimate of drug-likeness (QED) is 0.418. The highest BCUT2D eigenvalue weighted by Gasteiger charge is 2.26. The Morgan fingerprint density at radius 1 is 0.800 bits per heavy atom. The summed E-state index contributed by atoms with van der Waals surface area (Å²) in [6.07, 6.45) is 0. The molecule has 0 aliphatic carbocycles. The third-order valence-electron chi connectivity index (χ3n) is 5.02. The molecule has 1 aromatic heterocycles. The second-order valence-electron chi connectivity index (χ2n) is 7.04. The van der Waals surface area contributed by atoms with Crippen LogP contribution in [-0.2, 0) is 6.54 Å². The Morgan fingerprint density at radius 3 is 2.20 bits per heavy atom. The molecule has 1 aliphatic heterocycles. The number of aromatic nitrogens is 3. The highest BCUT2D eigenvalue weighted by molar-refractivity contribution is 6.31. The summed E-state index contributed by atoms with van der Waals surface area (Å²) in [6, 6.07) is 23.6. The molecule has 5 nitrogen and oxygen atoms in total. The zero-order chi connectivity index (χ0) is 20.7. The first-order chi connectivity index (χ1) is 14.6. The minimum atomic E-state index is 0.528. The molecule has 0 unspecified atom stereocenters. The van der Waals surface area contributed by atoms with Gasteiger partial charge >= 0.3 is 0 Å². The topological polar surface area (TPSA) is 46.3 Å². The van der Waals surface area contributed by atoms with Crippen molar-refractivity contribution < 1.29 is 0 Å². The monoisotopic (exact) mass is 433 g/mol. The van der Waals surface area contributed by atoms with Gasteiger partial charge in [-0.3, -0.25) is 4.57 Å². The van der Waals surface area contributed by atoms with Crippen LogP contribution in [0.15, 0.2) is 77.9 Å². The van der Waals surface area contributed by atoms with Crippen LogP contribution in [0.25, 0.3) is 5.69 Å². The summed E-state index contributed by atoms with van der Waals surface area (Å²) in [5, 5.41) is 17.1. The van der Waals surface area contributed by atoms with Crippen LogP contribution >= 0.6 is 23.2 Å². The van der Waals surface area contributed by atoms with Gasteiger partial charge in [0.2, 0.25) is 0 Å². The van der Waals surface area contributed by atoms with Crippen LogP contribution in [0.5, 0.6) is 0 Å². The van der Waals surface area contributed by atoms with Crippen LogP contribution < -0.4 is 5.01 Å². The molecule has 2 heterocycles. The van der Waals surface area contributed by atoms with Crippen molar-refractivity contribution in [1.29, 1.82) is 0 Å². The summed E-state index contributed by atoms with van der Waals surface area (Å²) < 4.78 is 2.04. The molecule has 3 aromatic carbocycles. The molecule has 4 aromatic rings. The molecule has 0 atom stereocenters. The van der Waals surface area contributed by atoms with E-state index in [9.17, 15) is 0 Å². The molecular formula is C23H17Cl2N5. The first-order valence-electron chi connectivity index (χ1n) is 9.48. The number of anilines is 1. The second-order valence-corrected chi connectivity index (χ2v) is 7.91. The summed E-state index contributed by atoms with van der Waals surface area (Å²) in [5.74, 6) is 1.46. The van der Waals surface area contributed by atoms with E-state index < -0.39 is 0 Å². The third-order valence-corrected chi connectivity index (χ3v) is 5.53. The Labute approximate surface area is 184 Å². The zero-order valence-corrected chi connectivity index (χ0v) is 17.6. The fourth-order valence-electron chi connectivity index (χ4n) is 3.58. The van der Waals surface area contributed by atoms with Gasteiger partial charge in [0.15, 0.2) is 0 Å². The van der Waals surface area contributed by atoms with Crippen LogP contribution in [0.1, 0.15) is 22.5 Å². The largest absolute Gasteiger partial charge is 0.263 e. The van der Waals surface area contributed by atoms with E-state index in [4.69, 9.17) is 28.3 Å². The predicted molar refractivity (Wildman–Crippen MR) is 121 cm³/mol. The van der Waals surface area contributed by atoms with Gasteiger partial charge in [-0.2, -0.15) is 5.10 Å². The number of nitrogens with zero attached hydrogens (tertiary/aromatic N) is 5. The summed E-state index contributed by atoms with van der Waals surface area (Å²) in [4.78, 5) is 0. The lowest BCUT2D eigenvalue weighted by Crippen LogP contribution is -2.20. The molecule has 0 N–H and O–H groups in total. The lowest BCUT2D eigenvalue weighted by atomic mass is 10.0. The van der Waals surface area contributed by atoms with Gasteiger partial charge in [0.05, 0.1) is 12.2 Å². The standard InChI is InChI=1S/C23H17Cl2N5/c1-15-26-27-23-29(14-16-6-10-18(24)11-7-16)28-22(17-8-12-19(25)13-9-17)20-4-2-3-5-21(20)30(15)23/h2-13H,14H2,1H3. The van der Waals surface area contributed by atoms with E-state index in [1.807, 2.05) is 77.2 Å². The summed E-state index contributed by atoms with van der Waals surface area (Å²) in [7, 11) is 0. The molecule has 0 radical (unpaired) electrons. The van der Waals surface area contributed by atoms with Gasteiger partial charge in [0.25, 0.3) is 5.95 Å². The highest BCUT2D eigenvalue weighted by Crippen LogP contribution is 2.30. The van der Waals surface area contributed by atoms with Gasteiger partial charge in [-0.05, 0) is 42.8 Å². The Hall–Kier alpha value is -3.15. The third kappa shape index (κ3) is 3.36. The SMILES string of the molecule is Cc1nnc2n1-c1ccccc1C(c1ccc(Cl)cc1)=NN2Cc1ccc(Cl)cc1. The van der Waals surface area contributed by atoms with Gasteiger partial charge in [0, 0.05) is 21.2 Å². The summed E-state index contributed by atoms with van der Waals surface area (Å²) >= 11 is 12.2. The number of hydrogen-bond donors (Lipinski definition) is 0. The normalized spacial score (nSPS) is 12.8. The van der Waals surface area contributed by atoms with Crippen molar-refractivity contribution in [3.8, 4) is 5.69 Å². The van der Waals surface area contributed by atoms with Crippen molar-refractivity contribution in [1.82, 2.24) is 14.8 Å². The number of hydrogen-bond acceptors (Lipinski definition) is 4. The van der Waals surface area contributed by atoms with Crippen LogP contribution in [0.3, 0.4) is 0 Å². The smallest absolute Gasteiger partial charge is 0.252 e. The number of halogens is 2. The average molecular weight is 434 g/mol. The van der Waals surface area contributed by atoms with Crippen LogP contribution in [-0.4, -0.2) is 20.5 Å². The first-order valence-corrected chi connectivity index (χ1v) is 10.2. The lowest BCUT2D eigenvalue weighted by Gasteiger charge is -2.18. The molecule has 0 fully saturated rings. The molecular weight excluding hydrogens is 417 g/mol. The van der Waals surface area contributed by atoms with E-state index in [1.165, 1.54) is 0 Å². The Kier molecular flexibility index (Phi) is 4.77. The molecule has 0 saturated heterocycles. The van der Waals surface area contributed by atoms with Crippen molar-refractivity contribution in [3.63, 3.8) is 0 Å². The number of hydrazone groups is 1. The van der Waals surface area contributed by atoms with Gasteiger partial charge < -0.3 is 0 Å². The van der Waals surface area contributed by atoms with Gasteiger partial charge in [-0.15, -0.1) is 10.2 Å². The predicted octanol–water partition coefficient (Wildman–Crippen LogP) is 5.66. The number of benzene rings is 3. The fraction of sp³-hybridized carbons (Fsp3) is 0.0870. The van der Waals surface area contributed by atoms with Crippen molar-refractivity contribution in [2.75, 3.05) is 5.01 Å². The first kappa shape index (κ1) is 18.9. The number of rotatable bonds is 3. The minimum absolute atomic E-state index is 0.528. The van der Waals surface area contributed by atoms with Gasteiger partial charge in [0.1, 0.15) is 11.5 Å². The van der Waals surface area contributed by atoms with Gasteiger partial charge in [-0.1, -0.05) is 65.7 Å². The molecule has 0 saturated carbocycles. The second kappa shape index (κ2) is 7.59. The van der Waals surface area contributed by atoms with Gasteiger partial charge in [-0.25, -0.2) is 5.01 Å². The van der Waals surface area contributed by atoms with Crippen LogP contribution in [0, 0.1) is 6.92 Å². The van der Waals surface area contributed by atoms with Crippen LogP contribution in [0.2, 0.25) is 10.0 Å². The molecule has 30 heavy (non-hydrogen) atoms. The number of para-hydroxylation sites is 1. The molecule has 0 bridgehead atoms. The Morgan fingerprint density at radius 2 is 1.47 bits per heavy atom. The van der Waals surface area contributed by atoms with Crippen molar-refractivity contribution >= 4 is 34.9 Å². The van der Waals surface area contributed by atoms with Crippen molar-refractivity contribution in [2.24, 2.45) is 5.10 Å². The maximum Gasteiger partial charge on any atom is 0.252 e. The van der Waals surface area contributed by atoms with Crippen LogP contribution in [0.4, 0.5) is 5.95 Å². The lowest BCUT2D eigenvalue weighted by molar-refractivity contribution is 0.796. The maximum absolute atomic E-state index is 6.12. The maximum atomic E-state index is 6.12. The van der Waals surface area contributed by atoms with Crippen molar-refractivity contribution in [3.05, 3.63) is 105 Å². The van der Waals surface area contributed by atoms with Crippen molar-refractivity contribution in [2.45, 2.75) is 13.5 Å². The van der Waals surface area contributed by atoms with E-state index in [-0.39, 0.29) is 0 Å². The highest BCUT2D eigenvalue weighted by atomic mass is 35.5. The molecule has 1 aliphatic rings. The molecule has 0 spiro atoms. The molecule has 148 valence electrons. The Bertz CT molecular complexity index is 1240. The van der Waals surface area contributed by atoms with E-state index in [0.717, 1.165) is 33.9 Å². The summed E-state index contributed by atoms with van der Waals surface area (Å²) in [5.41, 5.74) is 4.88. The van der Waals surface area contributed by atoms with E-state index in [0.29, 0.717) is 22.5 Å². The van der Waals surface area contributed by atoms with E-state index in [1.54, 1.807) is 0 Å².